The molecule has 1 aliphatic rings. The van der Waals surface area contributed by atoms with Gasteiger partial charge in [-0.3, -0.25) is 0 Å². The molecule has 1 aromatic heterocycles. The molecule has 5 nitrogen and oxygen atoms in total. The van der Waals surface area contributed by atoms with Crippen LogP contribution in [0.1, 0.15) is 35.2 Å². The van der Waals surface area contributed by atoms with Gasteiger partial charge >= 0.3 is 0 Å². The Hall–Kier alpha value is -2.69. The minimum Gasteiger partial charge on any atom is -0.348 e. The summed E-state index contributed by atoms with van der Waals surface area (Å²) in [5, 5.41) is 11.8. The lowest BCUT2D eigenvalue weighted by molar-refractivity contribution is 0.529. The van der Waals surface area contributed by atoms with Crippen LogP contribution in [-0.4, -0.2) is 31.7 Å². The molecule has 0 spiro atoms. The zero-order chi connectivity index (χ0) is 21.1. The predicted octanol–water partition coefficient (Wildman–Crippen LogP) is 4.36. The van der Waals surface area contributed by atoms with Crippen molar-refractivity contribution in [3.63, 3.8) is 0 Å². The number of piperidine rings is 1. The molecular weight excluding hydrogens is 414 g/mol. The summed E-state index contributed by atoms with van der Waals surface area (Å²) in [5.74, 6) is 0. The van der Waals surface area contributed by atoms with Crippen molar-refractivity contribution in [1.29, 1.82) is 5.26 Å². The summed E-state index contributed by atoms with van der Waals surface area (Å²) in [6.07, 6.45) is 1.87. The van der Waals surface area contributed by atoms with Crippen LogP contribution in [0.4, 0.5) is 5.13 Å². The highest BCUT2D eigenvalue weighted by molar-refractivity contribution is 7.92. The van der Waals surface area contributed by atoms with E-state index in [9.17, 15) is 13.7 Å². The third kappa shape index (κ3) is 4.25. The number of thiazole rings is 1. The first-order chi connectivity index (χ1) is 14.5. The number of anilines is 1. The lowest BCUT2D eigenvalue weighted by Crippen LogP contribution is -2.39. The Labute approximate surface area is 181 Å². The van der Waals surface area contributed by atoms with E-state index in [1.807, 2.05) is 6.07 Å². The summed E-state index contributed by atoms with van der Waals surface area (Å²) in [6, 6.07) is 16.9. The van der Waals surface area contributed by atoms with Crippen LogP contribution in [-0.2, 0) is 16.3 Å². The molecule has 1 saturated heterocycles. The second kappa shape index (κ2) is 8.58. The van der Waals surface area contributed by atoms with Crippen LogP contribution in [0.5, 0.6) is 0 Å². The van der Waals surface area contributed by atoms with E-state index in [2.05, 4.69) is 41.5 Å². The van der Waals surface area contributed by atoms with Crippen molar-refractivity contribution < 1.29 is 8.42 Å². The van der Waals surface area contributed by atoms with Gasteiger partial charge in [0.1, 0.15) is 6.07 Å². The maximum absolute atomic E-state index is 13.1. The minimum atomic E-state index is -3.52. The van der Waals surface area contributed by atoms with Gasteiger partial charge in [-0.25, -0.2) is 13.4 Å². The van der Waals surface area contributed by atoms with Crippen molar-refractivity contribution in [3.8, 4) is 6.07 Å². The van der Waals surface area contributed by atoms with Crippen LogP contribution >= 0.6 is 11.3 Å². The van der Waals surface area contributed by atoms with Gasteiger partial charge in [-0.15, -0.1) is 11.3 Å². The molecule has 3 aromatic rings. The first kappa shape index (κ1) is 20.6. The number of sulfone groups is 1. The third-order valence-corrected chi connectivity index (χ3v) is 8.78. The Morgan fingerprint density at radius 1 is 1.13 bits per heavy atom. The SMILES string of the molecule is Cc1ccc(Cc2csc(N3CCC(S(=O)(=O)c4ccccc4C#N)CC3)n2)cc1. The second-order valence-corrected chi connectivity index (χ2v) is 10.7. The molecule has 0 saturated carbocycles. The van der Waals surface area contributed by atoms with Crippen molar-refractivity contribution in [2.75, 3.05) is 18.0 Å². The van der Waals surface area contributed by atoms with Crippen molar-refractivity contribution in [2.45, 2.75) is 36.3 Å². The fourth-order valence-corrected chi connectivity index (χ4v) is 6.54. The molecule has 1 fully saturated rings. The smallest absolute Gasteiger partial charge is 0.185 e. The van der Waals surface area contributed by atoms with Crippen LogP contribution in [0.3, 0.4) is 0 Å². The average Bonchev–Trinajstić information content (AvgIpc) is 3.24. The Morgan fingerprint density at radius 3 is 2.53 bits per heavy atom. The summed E-state index contributed by atoms with van der Waals surface area (Å²) < 4.78 is 26.1. The van der Waals surface area contributed by atoms with Gasteiger partial charge in [0.05, 0.1) is 21.4 Å². The molecule has 1 aliphatic heterocycles. The van der Waals surface area contributed by atoms with Gasteiger partial charge in [0.15, 0.2) is 15.0 Å². The monoisotopic (exact) mass is 437 g/mol. The van der Waals surface area contributed by atoms with Crippen molar-refractivity contribution >= 4 is 26.3 Å². The molecule has 2 heterocycles. The molecule has 0 unspecified atom stereocenters. The van der Waals surface area contributed by atoms with E-state index in [0.29, 0.717) is 25.9 Å². The van der Waals surface area contributed by atoms with E-state index in [4.69, 9.17) is 4.98 Å². The van der Waals surface area contributed by atoms with E-state index >= 15 is 0 Å². The van der Waals surface area contributed by atoms with Crippen molar-refractivity contribution in [1.82, 2.24) is 4.98 Å². The predicted molar refractivity (Wildman–Crippen MR) is 120 cm³/mol. The maximum Gasteiger partial charge on any atom is 0.185 e. The van der Waals surface area contributed by atoms with E-state index in [1.165, 1.54) is 11.1 Å². The zero-order valence-corrected chi connectivity index (χ0v) is 18.4. The normalized spacial score (nSPS) is 15.1. The number of benzene rings is 2. The number of hydrogen-bond acceptors (Lipinski definition) is 6. The van der Waals surface area contributed by atoms with Crippen LogP contribution in [0.15, 0.2) is 58.8 Å². The van der Waals surface area contributed by atoms with Crippen molar-refractivity contribution in [2.24, 2.45) is 0 Å². The quantitative estimate of drug-likeness (QED) is 0.593. The average molecular weight is 438 g/mol. The fraction of sp³-hybridized carbons (Fsp3) is 0.304. The molecule has 2 aromatic carbocycles. The molecule has 7 heteroatoms. The van der Waals surface area contributed by atoms with Gasteiger partial charge in [-0.2, -0.15) is 5.26 Å². The Balaban J connectivity index is 1.42. The molecule has 0 aliphatic carbocycles. The number of nitriles is 1. The summed E-state index contributed by atoms with van der Waals surface area (Å²) in [4.78, 5) is 7.10. The topological polar surface area (TPSA) is 74.1 Å². The molecular formula is C23H23N3O2S2. The molecule has 4 rings (SSSR count). The van der Waals surface area contributed by atoms with Crippen LogP contribution < -0.4 is 4.90 Å². The highest BCUT2D eigenvalue weighted by Gasteiger charge is 2.33. The molecule has 0 N–H and O–H groups in total. The largest absolute Gasteiger partial charge is 0.348 e. The number of hydrogen-bond donors (Lipinski definition) is 0. The maximum atomic E-state index is 13.1. The summed E-state index contributed by atoms with van der Waals surface area (Å²) in [5.41, 5.74) is 3.74. The number of nitrogens with zero attached hydrogens (tertiary/aromatic N) is 3. The zero-order valence-electron chi connectivity index (χ0n) is 16.8. The number of rotatable bonds is 5. The highest BCUT2D eigenvalue weighted by atomic mass is 32.2. The van der Waals surface area contributed by atoms with Gasteiger partial charge in [0.25, 0.3) is 0 Å². The van der Waals surface area contributed by atoms with Crippen molar-refractivity contribution in [3.05, 3.63) is 76.3 Å². The van der Waals surface area contributed by atoms with E-state index in [0.717, 1.165) is 17.2 Å². The van der Waals surface area contributed by atoms with Crippen LogP contribution in [0.25, 0.3) is 0 Å². The highest BCUT2D eigenvalue weighted by Crippen LogP contribution is 2.30. The first-order valence-electron chi connectivity index (χ1n) is 9.95. The summed E-state index contributed by atoms with van der Waals surface area (Å²) in [6.45, 7) is 3.37. The molecule has 154 valence electrons. The van der Waals surface area contributed by atoms with Gasteiger partial charge in [-0.05, 0) is 37.5 Å². The van der Waals surface area contributed by atoms with Gasteiger partial charge in [0.2, 0.25) is 0 Å². The Kier molecular flexibility index (Phi) is 5.89. The summed E-state index contributed by atoms with van der Waals surface area (Å²) >= 11 is 1.61. The van der Waals surface area contributed by atoms with Gasteiger partial charge in [-0.1, -0.05) is 42.0 Å². The number of aryl methyl sites for hydroxylation is 1. The lowest BCUT2D eigenvalue weighted by atomic mass is 10.1. The Morgan fingerprint density at radius 2 is 1.83 bits per heavy atom. The minimum absolute atomic E-state index is 0.153. The summed E-state index contributed by atoms with van der Waals surface area (Å²) in [7, 11) is -3.52. The third-order valence-electron chi connectivity index (χ3n) is 5.51. The molecule has 0 bridgehead atoms. The number of aromatic nitrogens is 1. The van der Waals surface area contributed by atoms with Gasteiger partial charge < -0.3 is 4.90 Å². The molecule has 0 atom stereocenters. The van der Waals surface area contributed by atoms with E-state index in [1.54, 1.807) is 35.6 Å². The first-order valence-corrected chi connectivity index (χ1v) is 12.4. The van der Waals surface area contributed by atoms with Crippen LogP contribution in [0.2, 0.25) is 0 Å². The standard InChI is InChI=1S/C23H23N3O2S2/c1-17-6-8-18(9-7-17)14-20-16-29-23(25-20)26-12-10-21(11-13-26)30(27,28)22-5-3-2-4-19(22)15-24/h2-9,16,21H,10-14H2,1H3. The van der Waals surface area contributed by atoms with E-state index < -0.39 is 15.1 Å². The lowest BCUT2D eigenvalue weighted by Gasteiger charge is -2.31. The van der Waals surface area contributed by atoms with Crippen LogP contribution in [0, 0.1) is 18.3 Å². The van der Waals surface area contributed by atoms with E-state index in [-0.39, 0.29) is 10.5 Å². The fourth-order valence-electron chi connectivity index (χ4n) is 3.78. The van der Waals surface area contributed by atoms with Gasteiger partial charge in [0, 0.05) is 24.9 Å². The second-order valence-electron chi connectivity index (χ2n) is 7.62. The molecule has 0 radical (unpaired) electrons. The Bertz CT molecular complexity index is 1170. The molecule has 0 amide bonds. The molecule has 30 heavy (non-hydrogen) atoms.